The summed E-state index contributed by atoms with van der Waals surface area (Å²) in [5, 5.41) is -0.179. The maximum atomic E-state index is 14.5. The minimum absolute atomic E-state index is 0.0125. The molecular weight excluding hydrogens is 550 g/mol. The molecule has 5 rings (SSSR count). The first kappa shape index (κ1) is 30.9. The third-order valence-electron chi connectivity index (χ3n) is 6.95. The number of amides is 1. The molecule has 1 aliphatic heterocycles. The van der Waals surface area contributed by atoms with E-state index in [4.69, 9.17) is 17.3 Å². The first-order valence-electron chi connectivity index (χ1n) is 12.8. The predicted molar refractivity (Wildman–Crippen MR) is 165 cm³/mol. The number of anilines is 1. The number of rotatable bonds is 5. The van der Waals surface area contributed by atoms with Gasteiger partial charge in [0.05, 0.1) is 5.38 Å². The number of aromatic nitrogens is 1. The van der Waals surface area contributed by atoms with Gasteiger partial charge < -0.3 is 16.4 Å². The van der Waals surface area contributed by atoms with Crippen LogP contribution in [0.15, 0.2) is 59.6 Å². The molecule has 39 heavy (non-hydrogen) atoms. The zero-order chi connectivity index (χ0) is 28.5. The smallest absolute Gasteiger partial charge is 0.238 e. The average molecular weight is 585 g/mol. The highest BCUT2D eigenvalue weighted by atomic mass is 35.5. The van der Waals surface area contributed by atoms with Crippen molar-refractivity contribution in [2.45, 2.75) is 60.2 Å². The SMILES string of the molecule is C#C.CN.Nc1ccc(-c2ccc(P)c(CN(C(=O)C3Sc4cccc(F)c4C3Cl)C3CCCCC3)c2)cn1. The van der Waals surface area contributed by atoms with Crippen molar-refractivity contribution in [3.8, 4) is 24.0 Å². The fraction of sp³-hybridized carbons (Fsp3) is 0.333. The molecule has 5 nitrogen and oxygen atoms in total. The fourth-order valence-electron chi connectivity index (χ4n) is 5.04. The minimum atomic E-state index is -0.683. The molecule has 3 unspecified atom stereocenters. The van der Waals surface area contributed by atoms with Crippen molar-refractivity contribution in [1.82, 2.24) is 9.88 Å². The lowest BCUT2D eigenvalue weighted by Gasteiger charge is -2.36. The van der Waals surface area contributed by atoms with Crippen LogP contribution in [-0.2, 0) is 11.3 Å². The third-order valence-corrected chi connectivity index (χ3v) is 9.47. The Morgan fingerprint density at radius 2 is 1.82 bits per heavy atom. The van der Waals surface area contributed by atoms with Gasteiger partial charge in [0, 0.05) is 34.8 Å². The molecule has 1 saturated carbocycles. The van der Waals surface area contributed by atoms with Gasteiger partial charge in [0.2, 0.25) is 5.91 Å². The van der Waals surface area contributed by atoms with Gasteiger partial charge in [0.15, 0.2) is 0 Å². The Balaban J connectivity index is 0.00000100. The van der Waals surface area contributed by atoms with E-state index in [0.717, 1.165) is 52.6 Å². The number of carbonyl (C=O) groups excluding carboxylic acids is 1. The van der Waals surface area contributed by atoms with Gasteiger partial charge in [-0.25, -0.2) is 9.37 Å². The summed E-state index contributed by atoms with van der Waals surface area (Å²) < 4.78 is 14.5. The Bertz CT molecular complexity index is 1280. The van der Waals surface area contributed by atoms with Crippen molar-refractivity contribution in [2.24, 2.45) is 5.73 Å². The van der Waals surface area contributed by atoms with E-state index in [9.17, 15) is 9.18 Å². The van der Waals surface area contributed by atoms with Gasteiger partial charge in [-0.2, -0.15) is 0 Å². The minimum Gasteiger partial charge on any atom is -0.384 e. The maximum Gasteiger partial charge on any atom is 0.238 e. The molecule has 206 valence electrons. The summed E-state index contributed by atoms with van der Waals surface area (Å²) in [6, 6.07) is 15.0. The first-order chi connectivity index (χ1) is 18.9. The van der Waals surface area contributed by atoms with Crippen molar-refractivity contribution in [1.29, 1.82) is 0 Å². The molecule has 1 aromatic heterocycles. The van der Waals surface area contributed by atoms with Gasteiger partial charge in [0.1, 0.15) is 16.9 Å². The van der Waals surface area contributed by atoms with Crippen LogP contribution in [0.2, 0.25) is 0 Å². The highest BCUT2D eigenvalue weighted by Crippen LogP contribution is 2.49. The highest BCUT2D eigenvalue weighted by Gasteiger charge is 2.42. The van der Waals surface area contributed by atoms with Crippen LogP contribution in [0.3, 0.4) is 0 Å². The number of nitrogens with two attached hydrogens (primary N) is 2. The van der Waals surface area contributed by atoms with E-state index in [1.807, 2.05) is 23.1 Å². The number of terminal acetylenes is 1. The fourth-order valence-corrected chi connectivity index (χ4v) is 7.13. The molecule has 0 bridgehead atoms. The number of fused-ring (bicyclic) bond motifs is 1. The van der Waals surface area contributed by atoms with Gasteiger partial charge in [-0.15, -0.1) is 45.4 Å². The van der Waals surface area contributed by atoms with E-state index in [-0.39, 0.29) is 17.8 Å². The van der Waals surface area contributed by atoms with Crippen LogP contribution in [0.4, 0.5) is 10.2 Å². The predicted octanol–water partition coefficient (Wildman–Crippen LogP) is 5.91. The van der Waals surface area contributed by atoms with E-state index in [0.29, 0.717) is 17.9 Å². The summed E-state index contributed by atoms with van der Waals surface area (Å²) in [6.07, 6.45) is 15.1. The van der Waals surface area contributed by atoms with Crippen LogP contribution in [-0.4, -0.2) is 34.1 Å². The monoisotopic (exact) mass is 584 g/mol. The molecule has 4 N–H and O–H groups in total. The Kier molecular flexibility index (Phi) is 11.6. The normalized spacial score (nSPS) is 18.1. The Morgan fingerprint density at radius 1 is 1.13 bits per heavy atom. The topological polar surface area (TPSA) is 85.2 Å². The van der Waals surface area contributed by atoms with Gasteiger partial charge in [0.25, 0.3) is 0 Å². The molecule has 1 amide bonds. The Hall–Kier alpha value is -2.62. The molecule has 3 atom stereocenters. The van der Waals surface area contributed by atoms with Gasteiger partial charge in [-0.1, -0.05) is 37.5 Å². The molecule has 0 radical (unpaired) electrons. The zero-order valence-corrected chi connectivity index (χ0v) is 24.8. The molecule has 2 aliphatic rings. The number of benzene rings is 2. The third kappa shape index (κ3) is 7.13. The number of hydrogen-bond acceptors (Lipinski definition) is 5. The Labute approximate surface area is 242 Å². The molecule has 9 heteroatoms. The number of nitrogens with zero attached hydrogens (tertiary/aromatic N) is 2. The van der Waals surface area contributed by atoms with E-state index in [1.54, 1.807) is 18.3 Å². The molecule has 1 fully saturated rings. The zero-order valence-electron chi connectivity index (χ0n) is 22.0. The lowest BCUT2D eigenvalue weighted by molar-refractivity contribution is -0.134. The summed E-state index contributed by atoms with van der Waals surface area (Å²) in [5.74, 6) is 0.126. The summed E-state index contributed by atoms with van der Waals surface area (Å²) in [5.41, 5.74) is 13.8. The summed E-state index contributed by atoms with van der Waals surface area (Å²) in [4.78, 5) is 21.0. The van der Waals surface area contributed by atoms with Crippen LogP contribution in [0, 0.1) is 18.7 Å². The van der Waals surface area contributed by atoms with Crippen LogP contribution in [0.1, 0.15) is 48.6 Å². The van der Waals surface area contributed by atoms with Crippen LogP contribution in [0.5, 0.6) is 0 Å². The van der Waals surface area contributed by atoms with Crippen molar-refractivity contribution in [2.75, 3.05) is 12.8 Å². The summed E-state index contributed by atoms with van der Waals surface area (Å²) in [7, 11) is 4.29. The van der Waals surface area contributed by atoms with Gasteiger partial charge in [-0.3, -0.25) is 4.79 Å². The summed E-state index contributed by atoms with van der Waals surface area (Å²) in [6.45, 7) is 0.484. The van der Waals surface area contributed by atoms with Crippen molar-refractivity contribution < 1.29 is 9.18 Å². The lowest BCUT2D eigenvalue weighted by Crippen LogP contribution is -2.46. The molecule has 2 aromatic carbocycles. The second-order valence-electron chi connectivity index (χ2n) is 9.24. The second kappa shape index (κ2) is 14.7. The number of thioether (sulfide) groups is 1. The molecule has 3 aromatic rings. The number of alkyl halides is 1. The van der Waals surface area contributed by atoms with Crippen molar-refractivity contribution in [3.63, 3.8) is 0 Å². The van der Waals surface area contributed by atoms with Crippen molar-refractivity contribution >= 4 is 49.6 Å². The molecule has 1 aliphatic carbocycles. The van der Waals surface area contributed by atoms with Crippen LogP contribution < -0.4 is 16.8 Å². The average Bonchev–Trinajstić information content (AvgIpc) is 3.32. The number of halogens is 2. The molecule has 0 saturated heterocycles. The van der Waals surface area contributed by atoms with Crippen LogP contribution >= 0.6 is 32.6 Å². The maximum absolute atomic E-state index is 14.5. The number of carbonyl (C=O) groups is 1. The van der Waals surface area contributed by atoms with Gasteiger partial charge >= 0.3 is 0 Å². The number of hydrogen-bond donors (Lipinski definition) is 2. The largest absolute Gasteiger partial charge is 0.384 e. The first-order valence-corrected chi connectivity index (χ1v) is 14.7. The Morgan fingerprint density at radius 3 is 2.46 bits per heavy atom. The van der Waals surface area contributed by atoms with Crippen molar-refractivity contribution in [3.05, 3.63) is 71.7 Å². The van der Waals surface area contributed by atoms with E-state index in [2.05, 4.69) is 44.9 Å². The number of pyridine rings is 1. The lowest BCUT2D eigenvalue weighted by atomic mass is 9.93. The van der Waals surface area contributed by atoms with E-state index in [1.165, 1.54) is 31.3 Å². The van der Waals surface area contributed by atoms with E-state index >= 15 is 0 Å². The van der Waals surface area contributed by atoms with Gasteiger partial charge in [-0.05, 0) is 66.7 Å². The summed E-state index contributed by atoms with van der Waals surface area (Å²) >= 11 is 8.10. The molecular formula is C30H35ClFN4OPS. The molecule has 2 heterocycles. The second-order valence-corrected chi connectivity index (χ2v) is 11.5. The van der Waals surface area contributed by atoms with E-state index < -0.39 is 10.6 Å². The molecule has 0 spiro atoms. The van der Waals surface area contributed by atoms with Crippen LogP contribution in [0.25, 0.3) is 11.1 Å². The number of nitrogen functional groups attached to an aromatic ring is 1. The quantitative estimate of drug-likeness (QED) is 0.221. The highest BCUT2D eigenvalue weighted by molar-refractivity contribution is 8.01. The standard InChI is InChI=1S/C27H28ClFN3OPS.C2H2.CH5N/c28-25-24-20(29)7-4-8-22(24)35-26(25)27(33)32(19-5-2-1-3-6-19)15-18-13-16(9-11-21(18)34)17-10-12-23(30)31-14-17;2*1-2/h4,7-14,19,25-26H,1-3,5-6,15,34H2,(H2,30,31);1-2H;2H2,1H3.